The van der Waals surface area contributed by atoms with Crippen LogP contribution >= 0.6 is 0 Å². The number of benzene rings is 1. The van der Waals surface area contributed by atoms with Crippen LogP contribution in [-0.4, -0.2) is 36.0 Å². The second kappa shape index (κ2) is 7.08. The van der Waals surface area contributed by atoms with Crippen LogP contribution in [0.2, 0.25) is 0 Å². The van der Waals surface area contributed by atoms with Gasteiger partial charge in [-0.15, -0.1) is 0 Å². The first-order valence-corrected chi connectivity index (χ1v) is 8.09. The Kier molecular flexibility index (Phi) is 5.40. The molecule has 1 saturated carbocycles. The van der Waals surface area contributed by atoms with Gasteiger partial charge in [0.1, 0.15) is 0 Å². The summed E-state index contributed by atoms with van der Waals surface area (Å²) in [6.45, 7) is 10.5. The van der Waals surface area contributed by atoms with Gasteiger partial charge in [-0.05, 0) is 45.6 Å². The molecule has 1 aliphatic carbocycles. The summed E-state index contributed by atoms with van der Waals surface area (Å²) in [5, 5.41) is 3.10. The van der Waals surface area contributed by atoms with Gasteiger partial charge in [0, 0.05) is 31.1 Å². The third-order valence-corrected chi connectivity index (χ3v) is 4.35. The van der Waals surface area contributed by atoms with Gasteiger partial charge in [0.15, 0.2) is 0 Å². The van der Waals surface area contributed by atoms with Crippen molar-refractivity contribution in [2.45, 2.75) is 52.1 Å². The number of amides is 1. The lowest BCUT2D eigenvalue weighted by atomic mass is 10.1. The Labute approximate surface area is 128 Å². The molecular weight excluding hydrogens is 260 g/mol. The molecule has 0 aliphatic heterocycles. The molecule has 3 nitrogen and oxygen atoms in total. The van der Waals surface area contributed by atoms with E-state index < -0.39 is 0 Å². The number of nitrogens with one attached hydrogen (secondary N) is 1. The van der Waals surface area contributed by atoms with Crippen molar-refractivity contribution in [3.05, 3.63) is 35.9 Å². The normalized spacial score (nSPS) is 21.1. The molecule has 0 unspecified atom stereocenters. The van der Waals surface area contributed by atoms with Crippen LogP contribution in [0, 0.1) is 5.92 Å². The summed E-state index contributed by atoms with van der Waals surface area (Å²) in [4.78, 5) is 14.6. The van der Waals surface area contributed by atoms with Gasteiger partial charge in [-0.2, -0.15) is 0 Å². The van der Waals surface area contributed by atoms with E-state index in [1.54, 1.807) is 0 Å². The summed E-state index contributed by atoms with van der Waals surface area (Å²) in [5.41, 5.74) is 1.30. The van der Waals surface area contributed by atoms with Crippen molar-refractivity contribution in [3.8, 4) is 0 Å². The Morgan fingerprint density at radius 1 is 1.19 bits per heavy atom. The fourth-order valence-electron chi connectivity index (χ4n) is 3.11. The molecule has 0 aromatic heterocycles. The predicted molar refractivity (Wildman–Crippen MR) is 87.3 cm³/mol. The number of carbonyl (C=O) groups is 1. The third-order valence-electron chi connectivity index (χ3n) is 4.35. The molecular formula is C18H28N2O. The first kappa shape index (κ1) is 16.0. The highest BCUT2D eigenvalue weighted by Gasteiger charge is 2.43. The molecule has 1 amide bonds. The lowest BCUT2D eigenvalue weighted by Gasteiger charge is -2.30. The molecule has 1 fully saturated rings. The van der Waals surface area contributed by atoms with Gasteiger partial charge in [0.2, 0.25) is 5.91 Å². The zero-order chi connectivity index (χ0) is 15.4. The molecule has 3 heteroatoms. The zero-order valence-corrected chi connectivity index (χ0v) is 13.7. The summed E-state index contributed by atoms with van der Waals surface area (Å²) in [6.07, 6.45) is 0.994. The van der Waals surface area contributed by atoms with E-state index in [1.807, 2.05) is 18.2 Å². The maximum atomic E-state index is 12.2. The third kappa shape index (κ3) is 4.31. The van der Waals surface area contributed by atoms with E-state index in [4.69, 9.17) is 0 Å². The molecule has 1 aliphatic rings. The standard InChI is InChI=1S/C18H28N2O/c1-13(2)20(14(3)4)11-10-19-18(21)17-12-16(17)15-8-6-5-7-9-15/h5-9,13-14,16-17H,10-12H2,1-4H3,(H,19,21)/t16-,17+/m1/s1. The predicted octanol–water partition coefficient (Wildman–Crippen LogP) is 3.03. The van der Waals surface area contributed by atoms with Crippen LogP contribution in [0.25, 0.3) is 0 Å². The highest BCUT2D eigenvalue weighted by molar-refractivity contribution is 5.82. The van der Waals surface area contributed by atoms with Gasteiger partial charge in [0.05, 0.1) is 0 Å². The Balaban J connectivity index is 1.74. The van der Waals surface area contributed by atoms with Crippen LogP contribution in [0.3, 0.4) is 0 Å². The van der Waals surface area contributed by atoms with Crippen LogP contribution < -0.4 is 5.32 Å². The van der Waals surface area contributed by atoms with E-state index in [9.17, 15) is 4.79 Å². The molecule has 2 atom stereocenters. The second-order valence-electron chi connectivity index (χ2n) is 6.58. The molecule has 1 aromatic carbocycles. The Morgan fingerprint density at radius 3 is 2.38 bits per heavy atom. The molecule has 0 bridgehead atoms. The van der Waals surface area contributed by atoms with Crippen molar-refractivity contribution < 1.29 is 4.79 Å². The SMILES string of the molecule is CC(C)N(CCNC(=O)[C@H]1C[C@@H]1c1ccccc1)C(C)C. The summed E-state index contributed by atoms with van der Waals surface area (Å²) in [7, 11) is 0. The molecule has 21 heavy (non-hydrogen) atoms. The Bertz CT molecular complexity index is 448. The van der Waals surface area contributed by atoms with Crippen molar-refractivity contribution in [1.82, 2.24) is 10.2 Å². The quantitative estimate of drug-likeness (QED) is 0.836. The zero-order valence-electron chi connectivity index (χ0n) is 13.7. The summed E-state index contributed by atoms with van der Waals surface area (Å²) < 4.78 is 0. The maximum absolute atomic E-state index is 12.2. The van der Waals surface area contributed by atoms with Crippen LogP contribution in [-0.2, 0) is 4.79 Å². The molecule has 1 aromatic rings. The smallest absolute Gasteiger partial charge is 0.223 e. The summed E-state index contributed by atoms with van der Waals surface area (Å²) in [5.74, 6) is 0.827. The average Bonchev–Trinajstić information content (AvgIpc) is 3.24. The molecule has 116 valence electrons. The van der Waals surface area contributed by atoms with Crippen LogP contribution in [0.1, 0.15) is 45.6 Å². The monoisotopic (exact) mass is 288 g/mol. The maximum Gasteiger partial charge on any atom is 0.223 e. The number of nitrogens with zero attached hydrogens (tertiary/aromatic N) is 1. The van der Waals surface area contributed by atoms with Crippen molar-refractivity contribution in [3.63, 3.8) is 0 Å². The van der Waals surface area contributed by atoms with Gasteiger partial charge in [0.25, 0.3) is 0 Å². The van der Waals surface area contributed by atoms with Gasteiger partial charge < -0.3 is 5.32 Å². The van der Waals surface area contributed by atoms with E-state index >= 15 is 0 Å². The minimum Gasteiger partial charge on any atom is -0.355 e. The highest BCUT2D eigenvalue weighted by Crippen LogP contribution is 2.47. The topological polar surface area (TPSA) is 32.3 Å². The van der Waals surface area contributed by atoms with E-state index in [0.29, 0.717) is 18.0 Å². The van der Waals surface area contributed by atoms with Crippen molar-refractivity contribution in [2.75, 3.05) is 13.1 Å². The van der Waals surface area contributed by atoms with E-state index in [1.165, 1.54) is 5.56 Å². The molecule has 2 rings (SSSR count). The minimum atomic E-state index is 0.180. The largest absolute Gasteiger partial charge is 0.355 e. The number of carbonyl (C=O) groups excluding carboxylic acids is 1. The second-order valence-corrected chi connectivity index (χ2v) is 6.58. The van der Waals surface area contributed by atoms with Crippen LogP contribution in [0.4, 0.5) is 0 Å². The lowest BCUT2D eigenvalue weighted by Crippen LogP contribution is -2.42. The Morgan fingerprint density at radius 2 is 1.81 bits per heavy atom. The Hall–Kier alpha value is -1.35. The minimum absolute atomic E-state index is 0.180. The fraction of sp³-hybridized carbons (Fsp3) is 0.611. The van der Waals surface area contributed by atoms with E-state index in [2.05, 4.69) is 50.0 Å². The first-order chi connectivity index (χ1) is 10.0. The molecule has 0 saturated heterocycles. The number of hydrogen-bond donors (Lipinski definition) is 1. The van der Waals surface area contributed by atoms with E-state index in [0.717, 1.165) is 19.5 Å². The molecule has 0 heterocycles. The first-order valence-electron chi connectivity index (χ1n) is 8.09. The van der Waals surface area contributed by atoms with Crippen LogP contribution in [0.15, 0.2) is 30.3 Å². The summed E-state index contributed by atoms with van der Waals surface area (Å²) in [6, 6.07) is 11.4. The van der Waals surface area contributed by atoms with E-state index in [-0.39, 0.29) is 11.8 Å². The fourth-order valence-corrected chi connectivity index (χ4v) is 3.11. The highest BCUT2D eigenvalue weighted by atomic mass is 16.2. The van der Waals surface area contributed by atoms with Crippen molar-refractivity contribution in [2.24, 2.45) is 5.92 Å². The van der Waals surface area contributed by atoms with Gasteiger partial charge in [-0.25, -0.2) is 0 Å². The van der Waals surface area contributed by atoms with Crippen LogP contribution in [0.5, 0.6) is 0 Å². The van der Waals surface area contributed by atoms with Gasteiger partial charge in [-0.1, -0.05) is 30.3 Å². The lowest BCUT2D eigenvalue weighted by molar-refractivity contribution is -0.122. The molecule has 0 radical (unpaired) electrons. The van der Waals surface area contributed by atoms with Crippen molar-refractivity contribution in [1.29, 1.82) is 0 Å². The van der Waals surface area contributed by atoms with Crippen molar-refractivity contribution >= 4 is 5.91 Å². The number of hydrogen-bond acceptors (Lipinski definition) is 2. The average molecular weight is 288 g/mol. The molecule has 1 N–H and O–H groups in total. The molecule has 0 spiro atoms. The number of rotatable bonds is 7. The summed E-state index contributed by atoms with van der Waals surface area (Å²) >= 11 is 0. The van der Waals surface area contributed by atoms with Gasteiger partial charge in [-0.3, -0.25) is 9.69 Å². The van der Waals surface area contributed by atoms with Gasteiger partial charge >= 0.3 is 0 Å².